The number of nitrogens with one attached hydrogen (secondary N) is 1. The SMILES string of the molecule is CCCCNC(=O)c1nonc1C. The number of amides is 1. The summed E-state index contributed by atoms with van der Waals surface area (Å²) in [5.74, 6) is -0.216. The van der Waals surface area contributed by atoms with Gasteiger partial charge in [-0.3, -0.25) is 4.79 Å². The van der Waals surface area contributed by atoms with Gasteiger partial charge in [-0.05, 0) is 18.5 Å². The van der Waals surface area contributed by atoms with Crippen LogP contribution in [-0.2, 0) is 0 Å². The Labute approximate surface area is 76.5 Å². The molecule has 0 saturated heterocycles. The van der Waals surface area contributed by atoms with E-state index in [1.807, 2.05) is 0 Å². The number of unbranched alkanes of at least 4 members (excludes halogenated alkanes) is 1. The highest BCUT2D eigenvalue weighted by Crippen LogP contribution is 1.99. The van der Waals surface area contributed by atoms with E-state index >= 15 is 0 Å². The molecule has 1 heterocycles. The van der Waals surface area contributed by atoms with Gasteiger partial charge in [0.05, 0.1) is 0 Å². The molecule has 0 bridgehead atoms. The van der Waals surface area contributed by atoms with Gasteiger partial charge in [0.2, 0.25) is 0 Å². The van der Waals surface area contributed by atoms with E-state index in [0.717, 1.165) is 12.8 Å². The van der Waals surface area contributed by atoms with Crippen LogP contribution in [0.4, 0.5) is 0 Å². The summed E-state index contributed by atoms with van der Waals surface area (Å²) in [4.78, 5) is 11.3. The van der Waals surface area contributed by atoms with Crippen LogP contribution in [0.25, 0.3) is 0 Å². The third-order valence-corrected chi connectivity index (χ3v) is 1.68. The normalized spacial score (nSPS) is 10.0. The van der Waals surface area contributed by atoms with E-state index in [-0.39, 0.29) is 11.6 Å². The van der Waals surface area contributed by atoms with E-state index < -0.39 is 0 Å². The first-order valence-electron chi connectivity index (χ1n) is 4.33. The summed E-state index contributed by atoms with van der Waals surface area (Å²) in [7, 11) is 0. The second-order valence-electron chi connectivity index (χ2n) is 2.81. The maximum Gasteiger partial charge on any atom is 0.275 e. The standard InChI is InChI=1S/C8H13N3O2/c1-3-4-5-9-8(12)7-6(2)10-13-11-7/h3-5H2,1-2H3,(H,9,12). The van der Waals surface area contributed by atoms with Gasteiger partial charge >= 0.3 is 0 Å². The molecule has 0 aromatic carbocycles. The zero-order valence-corrected chi connectivity index (χ0v) is 7.83. The maximum atomic E-state index is 11.3. The van der Waals surface area contributed by atoms with Gasteiger partial charge < -0.3 is 5.32 Å². The first-order valence-corrected chi connectivity index (χ1v) is 4.33. The molecule has 0 saturated carbocycles. The van der Waals surface area contributed by atoms with Crippen LogP contribution in [0.1, 0.15) is 35.9 Å². The summed E-state index contributed by atoms with van der Waals surface area (Å²) in [5.41, 5.74) is 0.796. The van der Waals surface area contributed by atoms with Crippen LogP contribution >= 0.6 is 0 Å². The Morgan fingerprint density at radius 1 is 1.54 bits per heavy atom. The summed E-state index contributed by atoms with van der Waals surface area (Å²) in [6, 6.07) is 0. The Hall–Kier alpha value is -1.39. The molecule has 1 aromatic heterocycles. The molecule has 1 rings (SSSR count). The lowest BCUT2D eigenvalue weighted by atomic mass is 10.3. The molecule has 1 aromatic rings. The highest BCUT2D eigenvalue weighted by Gasteiger charge is 2.13. The molecule has 0 unspecified atom stereocenters. The van der Waals surface area contributed by atoms with E-state index in [2.05, 4.69) is 27.2 Å². The van der Waals surface area contributed by atoms with E-state index in [1.165, 1.54) is 0 Å². The first-order chi connectivity index (χ1) is 6.25. The Kier molecular flexibility index (Phi) is 3.42. The van der Waals surface area contributed by atoms with Crippen molar-refractivity contribution >= 4 is 5.91 Å². The van der Waals surface area contributed by atoms with E-state index in [9.17, 15) is 4.79 Å². The molecule has 0 spiro atoms. The quantitative estimate of drug-likeness (QED) is 0.704. The number of rotatable bonds is 4. The molecule has 5 nitrogen and oxygen atoms in total. The first kappa shape index (κ1) is 9.70. The van der Waals surface area contributed by atoms with Crippen molar-refractivity contribution in [2.45, 2.75) is 26.7 Å². The molecular formula is C8H13N3O2. The average Bonchev–Trinajstić information content (AvgIpc) is 2.52. The van der Waals surface area contributed by atoms with Crippen molar-refractivity contribution < 1.29 is 9.42 Å². The van der Waals surface area contributed by atoms with Crippen molar-refractivity contribution in [3.05, 3.63) is 11.4 Å². The van der Waals surface area contributed by atoms with Gasteiger partial charge in [0.1, 0.15) is 5.69 Å². The minimum Gasteiger partial charge on any atom is -0.351 e. The Morgan fingerprint density at radius 2 is 2.31 bits per heavy atom. The monoisotopic (exact) mass is 183 g/mol. The van der Waals surface area contributed by atoms with Gasteiger partial charge in [-0.2, -0.15) is 0 Å². The number of nitrogens with zero attached hydrogens (tertiary/aromatic N) is 2. The summed E-state index contributed by atoms with van der Waals surface area (Å²) in [5, 5.41) is 9.74. The average molecular weight is 183 g/mol. The van der Waals surface area contributed by atoms with Crippen LogP contribution in [0.15, 0.2) is 4.63 Å². The van der Waals surface area contributed by atoms with Gasteiger partial charge in [0.25, 0.3) is 5.91 Å². The van der Waals surface area contributed by atoms with Crippen molar-refractivity contribution in [3.63, 3.8) is 0 Å². The smallest absolute Gasteiger partial charge is 0.275 e. The fourth-order valence-corrected chi connectivity index (χ4v) is 0.900. The molecule has 0 aliphatic rings. The van der Waals surface area contributed by atoms with Crippen LogP contribution in [-0.4, -0.2) is 22.8 Å². The zero-order chi connectivity index (χ0) is 9.68. The fourth-order valence-electron chi connectivity index (χ4n) is 0.900. The molecule has 13 heavy (non-hydrogen) atoms. The van der Waals surface area contributed by atoms with E-state index in [4.69, 9.17) is 0 Å². The summed E-state index contributed by atoms with van der Waals surface area (Å²) in [6.45, 7) is 4.42. The zero-order valence-electron chi connectivity index (χ0n) is 7.83. The van der Waals surface area contributed by atoms with Crippen molar-refractivity contribution in [2.24, 2.45) is 0 Å². The minimum atomic E-state index is -0.216. The molecule has 0 atom stereocenters. The summed E-state index contributed by atoms with van der Waals surface area (Å²) >= 11 is 0. The van der Waals surface area contributed by atoms with E-state index in [0.29, 0.717) is 12.2 Å². The Balaban J connectivity index is 2.45. The van der Waals surface area contributed by atoms with Crippen molar-refractivity contribution in [1.29, 1.82) is 0 Å². The van der Waals surface area contributed by atoms with Gasteiger partial charge in [0.15, 0.2) is 5.69 Å². The highest BCUT2D eigenvalue weighted by atomic mass is 16.6. The second kappa shape index (κ2) is 4.59. The van der Waals surface area contributed by atoms with Gasteiger partial charge in [-0.15, -0.1) is 0 Å². The number of aromatic nitrogens is 2. The molecule has 0 radical (unpaired) electrons. The van der Waals surface area contributed by atoms with Crippen molar-refractivity contribution in [1.82, 2.24) is 15.6 Å². The van der Waals surface area contributed by atoms with Crippen molar-refractivity contribution in [2.75, 3.05) is 6.54 Å². The lowest BCUT2D eigenvalue weighted by Crippen LogP contribution is -2.25. The molecule has 0 aliphatic heterocycles. The number of aryl methyl sites for hydroxylation is 1. The van der Waals surface area contributed by atoms with Gasteiger partial charge in [-0.25, -0.2) is 4.63 Å². The number of carbonyl (C=O) groups is 1. The third-order valence-electron chi connectivity index (χ3n) is 1.68. The predicted molar refractivity (Wildman–Crippen MR) is 46.3 cm³/mol. The molecule has 72 valence electrons. The Morgan fingerprint density at radius 3 is 2.85 bits per heavy atom. The fraction of sp³-hybridized carbons (Fsp3) is 0.625. The lowest BCUT2D eigenvalue weighted by molar-refractivity contribution is 0.0943. The molecule has 0 aliphatic carbocycles. The summed E-state index contributed by atoms with van der Waals surface area (Å²) in [6.07, 6.45) is 2.02. The molecule has 5 heteroatoms. The lowest BCUT2D eigenvalue weighted by Gasteiger charge is -1.99. The third kappa shape index (κ3) is 2.54. The van der Waals surface area contributed by atoms with Gasteiger partial charge in [0, 0.05) is 6.54 Å². The maximum absolute atomic E-state index is 11.3. The molecule has 1 N–H and O–H groups in total. The molecule has 1 amide bonds. The minimum absolute atomic E-state index is 0.216. The second-order valence-corrected chi connectivity index (χ2v) is 2.81. The molecule has 0 fully saturated rings. The van der Waals surface area contributed by atoms with E-state index in [1.54, 1.807) is 6.92 Å². The topological polar surface area (TPSA) is 68.0 Å². The number of hydrogen-bond donors (Lipinski definition) is 1. The van der Waals surface area contributed by atoms with Crippen LogP contribution in [0.2, 0.25) is 0 Å². The highest BCUT2D eigenvalue weighted by molar-refractivity contribution is 5.92. The largest absolute Gasteiger partial charge is 0.351 e. The van der Waals surface area contributed by atoms with Crippen LogP contribution in [0, 0.1) is 6.92 Å². The van der Waals surface area contributed by atoms with Crippen molar-refractivity contribution in [3.8, 4) is 0 Å². The number of carbonyl (C=O) groups excluding carboxylic acids is 1. The van der Waals surface area contributed by atoms with Gasteiger partial charge in [-0.1, -0.05) is 18.5 Å². The van der Waals surface area contributed by atoms with Crippen LogP contribution in [0.5, 0.6) is 0 Å². The van der Waals surface area contributed by atoms with Crippen LogP contribution in [0.3, 0.4) is 0 Å². The summed E-state index contributed by atoms with van der Waals surface area (Å²) < 4.78 is 4.41. The number of hydrogen-bond acceptors (Lipinski definition) is 4. The Bertz CT molecular complexity index is 283. The van der Waals surface area contributed by atoms with Crippen LogP contribution < -0.4 is 5.32 Å². The molecular weight excluding hydrogens is 170 g/mol. The predicted octanol–water partition coefficient (Wildman–Crippen LogP) is 0.908.